The van der Waals surface area contributed by atoms with Crippen LogP contribution in [0.1, 0.15) is 62.7 Å². The highest BCUT2D eigenvalue weighted by Gasteiger charge is 2.32. The average Bonchev–Trinajstić information content (AvgIpc) is 3.43. The van der Waals surface area contributed by atoms with Crippen molar-refractivity contribution in [3.05, 3.63) is 47.3 Å². The van der Waals surface area contributed by atoms with Crippen molar-refractivity contribution >= 4 is 29.6 Å². The average molecular weight is 628 g/mol. The molecule has 45 heavy (non-hydrogen) atoms. The summed E-state index contributed by atoms with van der Waals surface area (Å²) in [5, 5.41) is 27.2. The van der Waals surface area contributed by atoms with Crippen LogP contribution in [0.5, 0.6) is 5.75 Å². The lowest BCUT2D eigenvalue weighted by atomic mass is 10.0. The van der Waals surface area contributed by atoms with Gasteiger partial charge in [0.2, 0.25) is 23.6 Å². The second-order valence-electron chi connectivity index (χ2n) is 12.2. The summed E-state index contributed by atoms with van der Waals surface area (Å²) in [6.45, 7) is 9.26. The normalized spacial score (nSPS) is 22.6. The van der Waals surface area contributed by atoms with Crippen LogP contribution in [0.2, 0.25) is 0 Å². The van der Waals surface area contributed by atoms with Crippen LogP contribution in [0.15, 0.2) is 30.5 Å². The molecule has 246 valence electrons. The third kappa shape index (κ3) is 10.3. The first-order chi connectivity index (χ1) is 21.3. The Balaban J connectivity index is 1.97. The number of aromatic amines is 1. The minimum absolute atomic E-state index is 0.0318. The second kappa shape index (κ2) is 16.0. The molecule has 1 aromatic heterocycles. The second-order valence-corrected chi connectivity index (χ2v) is 12.2. The van der Waals surface area contributed by atoms with Crippen LogP contribution >= 0.6 is 0 Å². The van der Waals surface area contributed by atoms with Gasteiger partial charge in [-0.25, -0.2) is 4.79 Å². The lowest BCUT2D eigenvalue weighted by Gasteiger charge is -2.31. The molecule has 1 aromatic carbocycles. The van der Waals surface area contributed by atoms with Crippen LogP contribution in [0, 0.1) is 11.8 Å². The molecule has 0 aliphatic carbocycles. The lowest BCUT2D eigenvalue weighted by molar-refractivity contribution is -0.133. The molecule has 1 saturated heterocycles. The van der Waals surface area contributed by atoms with Crippen LogP contribution in [0.25, 0.3) is 0 Å². The number of rotatable bonds is 9. The number of methoxy groups -OCH3 is 1. The number of aromatic carboxylic acids is 1. The van der Waals surface area contributed by atoms with E-state index in [4.69, 9.17) is 4.74 Å². The fraction of sp³-hybridized carbons (Fsp3) is 0.548. The Morgan fingerprint density at radius 3 is 2.24 bits per heavy atom. The number of nitrogens with one attached hydrogen (secondary N) is 5. The number of carboxylic acids is 1. The van der Waals surface area contributed by atoms with E-state index < -0.39 is 53.8 Å². The summed E-state index contributed by atoms with van der Waals surface area (Å²) in [6, 6.07) is 3.69. The first-order valence-corrected chi connectivity index (χ1v) is 15.1. The van der Waals surface area contributed by atoms with Gasteiger partial charge in [0.1, 0.15) is 29.6 Å². The maximum Gasteiger partial charge on any atom is 0.354 e. The summed E-state index contributed by atoms with van der Waals surface area (Å²) in [6.07, 6.45) is 1.83. The Kier molecular flexibility index (Phi) is 12.5. The van der Waals surface area contributed by atoms with Crippen molar-refractivity contribution in [1.29, 1.82) is 0 Å². The zero-order chi connectivity index (χ0) is 33.3. The molecule has 2 heterocycles. The molecule has 4 amide bonds. The predicted octanol–water partition coefficient (Wildman–Crippen LogP) is 0.836. The van der Waals surface area contributed by atoms with Gasteiger partial charge in [0.15, 0.2) is 0 Å². The first kappa shape index (κ1) is 35.0. The number of carbonyl (C=O) groups excluding carboxylic acids is 4. The molecule has 1 aliphatic rings. The highest BCUT2D eigenvalue weighted by Crippen LogP contribution is 2.15. The van der Waals surface area contributed by atoms with Gasteiger partial charge < -0.3 is 31.1 Å². The Labute approximate surface area is 263 Å². The van der Waals surface area contributed by atoms with Crippen molar-refractivity contribution in [2.24, 2.45) is 11.8 Å². The van der Waals surface area contributed by atoms with E-state index in [1.165, 1.54) is 6.20 Å². The number of aromatic nitrogens is 2. The van der Waals surface area contributed by atoms with Crippen LogP contribution in [0.4, 0.5) is 0 Å². The van der Waals surface area contributed by atoms with Crippen molar-refractivity contribution < 1.29 is 33.8 Å². The largest absolute Gasteiger partial charge is 0.497 e. The van der Waals surface area contributed by atoms with E-state index in [2.05, 4.69) is 31.5 Å². The van der Waals surface area contributed by atoms with Crippen molar-refractivity contribution in [2.45, 2.75) is 78.2 Å². The monoisotopic (exact) mass is 627 g/mol. The maximum atomic E-state index is 13.6. The molecule has 14 nitrogen and oxygen atoms in total. The predicted molar refractivity (Wildman–Crippen MR) is 165 cm³/mol. The number of benzene rings is 1. The van der Waals surface area contributed by atoms with E-state index in [1.807, 2.05) is 27.7 Å². The Morgan fingerprint density at radius 1 is 0.978 bits per heavy atom. The van der Waals surface area contributed by atoms with Crippen molar-refractivity contribution in [3.63, 3.8) is 0 Å². The fourth-order valence-electron chi connectivity index (χ4n) is 5.06. The number of amides is 4. The third-order valence-corrected chi connectivity index (χ3v) is 7.62. The number of H-pyrrole nitrogens is 1. The van der Waals surface area contributed by atoms with Crippen LogP contribution in [-0.2, 0) is 32.1 Å². The van der Waals surface area contributed by atoms with Gasteiger partial charge in [0, 0.05) is 31.1 Å². The summed E-state index contributed by atoms with van der Waals surface area (Å²) in [7, 11) is 1.55. The van der Waals surface area contributed by atoms with Crippen LogP contribution in [0.3, 0.4) is 0 Å². The molecular weight excluding hydrogens is 582 g/mol. The molecule has 0 saturated carbocycles. The molecule has 0 spiro atoms. The molecule has 1 fully saturated rings. The van der Waals surface area contributed by atoms with Gasteiger partial charge in [0.25, 0.3) is 0 Å². The summed E-state index contributed by atoms with van der Waals surface area (Å²) in [4.78, 5) is 67.3. The van der Waals surface area contributed by atoms with Gasteiger partial charge >= 0.3 is 5.97 Å². The zero-order valence-corrected chi connectivity index (χ0v) is 26.7. The van der Waals surface area contributed by atoms with Gasteiger partial charge in [-0.05, 0) is 42.9 Å². The summed E-state index contributed by atoms with van der Waals surface area (Å²) in [5.41, 5.74) is 1.01. The zero-order valence-electron chi connectivity index (χ0n) is 26.7. The van der Waals surface area contributed by atoms with Gasteiger partial charge in [-0.2, -0.15) is 5.10 Å². The topological polar surface area (TPSA) is 195 Å². The van der Waals surface area contributed by atoms with Gasteiger partial charge in [-0.3, -0.25) is 29.2 Å². The number of hydrogen-bond donors (Lipinski definition) is 6. The Bertz CT molecular complexity index is 1340. The molecule has 3 rings (SSSR count). The van der Waals surface area contributed by atoms with Gasteiger partial charge in [0.05, 0.1) is 19.9 Å². The van der Waals surface area contributed by atoms with E-state index in [9.17, 15) is 29.1 Å². The Hall–Kier alpha value is -4.46. The van der Waals surface area contributed by atoms with Gasteiger partial charge in [-0.15, -0.1) is 0 Å². The molecule has 0 bridgehead atoms. The number of ether oxygens (including phenoxy) is 1. The Morgan fingerprint density at radius 2 is 1.64 bits per heavy atom. The van der Waals surface area contributed by atoms with E-state index in [-0.39, 0.29) is 43.6 Å². The number of carboxylic acid groups (broad SMARTS) is 1. The van der Waals surface area contributed by atoms with E-state index in [0.717, 1.165) is 5.56 Å². The van der Waals surface area contributed by atoms with Gasteiger partial charge in [-0.1, -0.05) is 39.8 Å². The van der Waals surface area contributed by atoms with E-state index in [0.29, 0.717) is 17.7 Å². The summed E-state index contributed by atoms with van der Waals surface area (Å²) < 4.78 is 5.22. The highest BCUT2D eigenvalue weighted by atomic mass is 16.5. The highest BCUT2D eigenvalue weighted by molar-refractivity contribution is 5.94. The summed E-state index contributed by atoms with van der Waals surface area (Å²) in [5.74, 6) is -2.60. The first-order valence-electron chi connectivity index (χ1n) is 15.1. The molecule has 0 unspecified atom stereocenters. The third-order valence-electron chi connectivity index (χ3n) is 7.62. The smallest absolute Gasteiger partial charge is 0.354 e. The molecule has 6 N–H and O–H groups in total. The maximum absolute atomic E-state index is 13.6. The number of nitrogens with zero attached hydrogens (tertiary/aromatic N) is 2. The van der Waals surface area contributed by atoms with Crippen molar-refractivity contribution in [2.75, 3.05) is 20.2 Å². The molecular formula is C31H45N7O7. The van der Waals surface area contributed by atoms with Crippen molar-refractivity contribution in [1.82, 2.24) is 36.4 Å². The van der Waals surface area contributed by atoms with E-state index >= 15 is 0 Å². The molecule has 2 aromatic rings. The fourth-order valence-corrected chi connectivity index (χ4v) is 5.06. The minimum atomic E-state index is -1.19. The molecule has 1 aliphatic heterocycles. The quantitative estimate of drug-likeness (QED) is 0.234. The van der Waals surface area contributed by atoms with E-state index in [1.54, 1.807) is 43.2 Å². The summed E-state index contributed by atoms with van der Waals surface area (Å²) >= 11 is 0. The molecule has 4 atom stereocenters. The van der Waals surface area contributed by atoms with Crippen LogP contribution < -0.4 is 26.0 Å². The number of hydrogen-bond acceptors (Lipinski definition) is 8. The number of carbonyl (C=O) groups is 5. The van der Waals surface area contributed by atoms with Crippen LogP contribution in [-0.4, -0.2) is 94.2 Å². The molecule has 14 heteroatoms. The van der Waals surface area contributed by atoms with Crippen molar-refractivity contribution in [3.8, 4) is 5.75 Å². The minimum Gasteiger partial charge on any atom is -0.497 e. The molecule has 0 radical (unpaired) electrons. The SMILES string of the molecule is COc1ccc(C[C@@H]2NC(=O)[C@H](CC(C)C)NC(=O)CN(Cc3cn[nH]c3C(=O)O)C[C@H](C(C)C)NC(=O)[C@@H](C)NC2=O)cc1. The standard InChI is InChI=1S/C31H45N7O7/c1-17(2)11-23-30(42)35-24(12-20-7-9-22(45-6)10-8-20)29(41)33-19(5)28(40)36-25(18(3)4)15-38(16-26(39)34-23)14-21-13-32-37-27(21)31(43)44/h7-10,13,17-19,23-25H,11-12,14-16H2,1-6H3,(H,32,37)(H,33,41)(H,34,39)(H,35,42)(H,36,40)(H,43,44)/t19-,23+,24+,25-/m1/s1. The lowest BCUT2D eigenvalue weighted by Crippen LogP contribution is -2.57.